The summed E-state index contributed by atoms with van der Waals surface area (Å²) in [4.78, 5) is 28.6. The Bertz CT molecular complexity index is 835. The Morgan fingerprint density at radius 3 is 2.33 bits per heavy atom. The average molecular weight is 412 g/mol. The minimum absolute atomic E-state index is 0.0150. The number of amides is 2. The van der Waals surface area contributed by atoms with Crippen LogP contribution in [0.1, 0.15) is 25.3 Å². The first-order valence-electron chi connectivity index (χ1n) is 10.6. The van der Waals surface area contributed by atoms with Gasteiger partial charge in [-0.15, -0.1) is 0 Å². The van der Waals surface area contributed by atoms with Crippen molar-refractivity contribution in [1.82, 2.24) is 10.2 Å². The molecular weight excluding hydrogens is 381 g/mol. The number of carbonyl (C=O) groups excluding carboxylic acids is 2. The van der Waals surface area contributed by atoms with E-state index in [1.165, 1.54) is 11.6 Å². The molecule has 1 aliphatic rings. The summed E-state index contributed by atoms with van der Waals surface area (Å²) in [7, 11) is 0. The van der Waals surface area contributed by atoms with E-state index in [0.29, 0.717) is 51.3 Å². The zero-order valence-electron chi connectivity index (χ0n) is 17.5. The van der Waals surface area contributed by atoms with E-state index in [2.05, 4.69) is 5.32 Å². The van der Waals surface area contributed by atoms with Gasteiger partial charge in [0.25, 0.3) is 0 Å². The summed E-state index contributed by atoms with van der Waals surface area (Å²) in [5.41, 5.74) is 1.78. The SMILES string of the molecule is C[C@H](CC(=O)NCCc1ccccc1)CC(=O)N1CCN(c2ccccc2F)CC1. The maximum Gasteiger partial charge on any atom is 0.222 e. The van der Waals surface area contributed by atoms with Crippen LogP contribution in [-0.2, 0) is 16.0 Å². The summed E-state index contributed by atoms with van der Waals surface area (Å²) in [5.74, 6) is -0.202. The van der Waals surface area contributed by atoms with Crippen LogP contribution < -0.4 is 10.2 Å². The summed E-state index contributed by atoms with van der Waals surface area (Å²) in [6.07, 6.45) is 1.49. The second-order valence-corrected chi connectivity index (χ2v) is 7.92. The van der Waals surface area contributed by atoms with E-state index >= 15 is 0 Å². The zero-order chi connectivity index (χ0) is 21.3. The van der Waals surface area contributed by atoms with Gasteiger partial charge in [0, 0.05) is 45.6 Å². The quantitative estimate of drug-likeness (QED) is 0.726. The van der Waals surface area contributed by atoms with Crippen LogP contribution in [0.2, 0.25) is 0 Å². The minimum Gasteiger partial charge on any atom is -0.366 e. The van der Waals surface area contributed by atoms with Crippen LogP contribution >= 0.6 is 0 Å². The number of hydrogen-bond acceptors (Lipinski definition) is 3. The molecule has 1 saturated heterocycles. The van der Waals surface area contributed by atoms with Gasteiger partial charge in [-0.05, 0) is 30.0 Å². The molecule has 1 N–H and O–H groups in total. The van der Waals surface area contributed by atoms with Crippen LogP contribution in [0.3, 0.4) is 0 Å². The van der Waals surface area contributed by atoms with Gasteiger partial charge in [-0.25, -0.2) is 4.39 Å². The van der Waals surface area contributed by atoms with Crippen molar-refractivity contribution in [3.05, 3.63) is 66.0 Å². The van der Waals surface area contributed by atoms with Crippen molar-refractivity contribution in [2.24, 2.45) is 5.92 Å². The number of nitrogens with zero attached hydrogens (tertiary/aromatic N) is 2. The lowest BCUT2D eigenvalue weighted by molar-refractivity contribution is -0.132. The third kappa shape index (κ3) is 6.31. The molecule has 2 aromatic rings. The topological polar surface area (TPSA) is 52.7 Å². The van der Waals surface area contributed by atoms with Gasteiger partial charge in [-0.1, -0.05) is 49.4 Å². The van der Waals surface area contributed by atoms with Crippen LogP contribution in [0.5, 0.6) is 0 Å². The second-order valence-electron chi connectivity index (χ2n) is 7.92. The fraction of sp³-hybridized carbons (Fsp3) is 0.417. The first kappa shape index (κ1) is 21.8. The molecule has 1 fully saturated rings. The van der Waals surface area contributed by atoms with Crippen molar-refractivity contribution in [2.75, 3.05) is 37.6 Å². The molecule has 0 spiro atoms. The van der Waals surface area contributed by atoms with E-state index in [0.717, 1.165) is 6.42 Å². The highest BCUT2D eigenvalue weighted by Gasteiger charge is 2.24. The molecule has 0 aliphatic carbocycles. The summed E-state index contributed by atoms with van der Waals surface area (Å²) < 4.78 is 13.9. The van der Waals surface area contributed by atoms with Crippen molar-refractivity contribution in [1.29, 1.82) is 0 Å². The van der Waals surface area contributed by atoms with E-state index in [1.807, 2.05) is 53.1 Å². The third-order valence-electron chi connectivity index (χ3n) is 5.46. The highest BCUT2D eigenvalue weighted by Crippen LogP contribution is 2.21. The highest BCUT2D eigenvalue weighted by atomic mass is 19.1. The van der Waals surface area contributed by atoms with Gasteiger partial charge in [0.1, 0.15) is 5.82 Å². The predicted molar refractivity (Wildman–Crippen MR) is 117 cm³/mol. The Labute approximate surface area is 177 Å². The Balaban J connectivity index is 1.36. The largest absolute Gasteiger partial charge is 0.366 e. The first-order valence-corrected chi connectivity index (χ1v) is 10.6. The van der Waals surface area contributed by atoms with Crippen LogP contribution in [0.15, 0.2) is 54.6 Å². The molecule has 160 valence electrons. The normalized spacial score (nSPS) is 15.0. The fourth-order valence-corrected chi connectivity index (χ4v) is 3.78. The Morgan fingerprint density at radius 2 is 1.63 bits per heavy atom. The van der Waals surface area contributed by atoms with Crippen molar-refractivity contribution in [3.63, 3.8) is 0 Å². The number of carbonyl (C=O) groups is 2. The van der Waals surface area contributed by atoms with Crippen molar-refractivity contribution < 1.29 is 14.0 Å². The number of anilines is 1. The number of rotatable bonds is 8. The molecule has 1 heterocycles. The molecule has 1 atom stereocenters. The molecule has 0 unspecified atom stereocenters. The second kappa shape index (κ2) is 10.8. The van der Waals surface area contributed by atoms with E-state index in [9.17, 15) is 14.0 Å². The Hall–Kier alpha value is -2.89. The molecule has 0 saturated carbocycles. The zero-order valence-corrected chi connectivity index (χ0v) is 17.5. The molecule has 2 aromatic carbocycles. The van der Waals surface area contributed by atoms with Crippen molar-refractivity contribution in [3.8, 4) is 0 Å². The molecule has 0 aromatic heterocycles. The van der Waals surface area contributed by atoms with E-state index in [1.54, 1.807) is 12.1 Å². The highest BCUT2D eigenvalue weighted by molar-refractivity contribution is 5.79. The molecule has 0 bridgehead atoms. The maximum absolute atomic E-state index is 13.9. The van der Waals surface area contributed by atoms with Gasteiger partial charge in [-0.3, -0.25) is 9.59 Å². The maximum atomic E-state index is 13.9. The standard InChI is InChI=1S/C24H30FN3O2/c1-19(17-23(29)26-12-11-20-7-3-2-4-8-20)18-24(30)28-15-13-27(14-16-28)22-10-6-5-9-21(22)25/h2-10,19H,11-18H2,1H3,(H,26,29)/t19-/m1/s1. The average Bonchev–Trinajstić information content (AvgIpc) is 2.75. The van der Waals surface area contributed by atoms with Crippen molar-refractivity contribution >= 4 is 17.5 Å². The minimum atomic E-state index is -0.232. The molecule has 30 heavy (non-hydrogen) atoms. The predicted octanol–water partition coefficient (Wildman–Crippen LogP) is 3.25. The Kier molecular flexibility index (Phi) is 7.82. The molecule has 0 radical (unpaired) electrons. The van der Waals surface area contributed by atoms with Crippen LogP contribution in [0, 0.1) is 11.7 Å². The van der Waals surface area contributed by atoms with Gasteiger partial charge in [0.05, 0.1) is 5.69 Å². The van der Waals surface area contributed by atoms with Gasteiger partial charge in [-0.2, -0.15) is 0 Å². The molecule has 5 nitrogen and oxygen atoms in total. The van der Waals surface area contributed by atoms with E-state index in [-0.39, 0.29) is 23.5 Å². The summed E-state index contributed by atoms with van der Waals surface area (Å²) in [5, 5.41) is 2.94. The van der Waals surface area contributed by atoms with E-state index < -0.39 is 0 Å². The van der Waals surface area contributed by atoms with Gasteiger partial charge in [0.15, 0.2) is 0 Å². The van der Waals surface area contributed by atoms with Crippen LogP contribution in [-0.4, -0.2) is 49.4 Å². The lowest BCUT2D eigenvalue weighted by Crippen LogP contribution is -2.49. The van der Waals surface area contributed by atoms with Gasteiger partial charge < -0.3 is 15.1 Å². The molecule has 6 heteroatoms. The van der Waals surface area contributed by atoms with Crippen LogP contribution in [0.25, 0.3) is 0 Å². The number of piperazine rings is 1. The number of benzene rings is 2. The number of halogens is 1. The molecule has 2 amide bonds. The summed E-state index contributed by atoms with van der Waals surface area (Å²) >= 11 is 0. The van der Waals surface area contributed by atoms with Crippen LogP contribution in [0.4, 0.5) is 10.1 Å². The summed E-state index contributed by atoms with van der Waals surface area (Å²) in [6.45, 7) is 4.90. The molecular formula is C24H30FN3O2. The number of nitrogens with one attached hydrogen (secondary N) is 1. The smallest absolute Gasteiger partial charge is 0.222 e. The van der Waals surface area contributed by atoms with Gasteiger partial charge in [0.2, 0.25) is 11.8 Å². The molecule has 3 rings (SSSR count). The first-order chi connectivity index (χ1) is 14.5. The monoisotopic (exact) mass is 411 g/mol. The summed E-state index contributed by atoms with van der Waals surface area (Å²) in [6, 6.07) is 16.8. The van der Waals surface area contributed by atoms with E-state index in [4.69, 9.17) is 0 Å². The fourth-order valence-electron chi connectivity index (χ4n) is 3.78. The molecule has 1 aliphatic heterocycles. The Morgan fingerprint density at radius 1 is 0.967 bits per heavy atom. The van der Waals surface area contributed by atoms with Gasteiger partial charge >= 0.3 is 0 Å². The third-order valence-corrected chi connectivity index (χ3v) is 5.46. The lowest BCUT2D eigenvalue weighted by Gasteiger charge is -2.36. The number of hydrogen-bond donors (Lipinski definition) is 1. The lowest BCUT2D eigenvalue weighted by atomic mass is 10.0. The number of para-hydroxylation sites is 1. The van der Waals surface area contributed by atoms with Crippen molar-refractivity contribution in [2.45, 2.75) is 26.2 Å².